The van der Waals surface area contributed by atoms with Gasteiger partial charge in [-0.2, -0.15) is 0 Å². The Morgan fingerprint density at radius 1 is 1.33 bits per heavy atom. The quantitative estimate of drug-likeness (QED) is 0.486. The third kappa shape index (κ3) is 3.87. The maximum Gasteiger partial charge on any atom is 0.271 e. The number of carbonyl (C=O) groups excluding carboxylic acids is 2. The summed E-state index contributed by atoms with van der Waals surface area (Å²) in [5.41, 5.74) is -0.238. The van der Waals surface area contributed by atoms with Crippen molar-refractivity contribution in [3.8, 4) is 0 Å². The van der Waals surface area contributed by atoms with Gasteiger partial charge in [-0.05, 0) is 12.1 Å². The van der Waals surface area contributed by atoms with Crippen LogP contribution in [0.3, 0.4) is 0 Å². The largest absolute Gasteiger partial charge is 0.545 e. The number of carboxylic acids is 1. The number of nitro benzene ring substituents is 1. The third-order valence-electron chi connectivity index (χ3n) is 1.79. The molecule has 8 heteroatoms. The van der Waals surface area contributed by atoms with Crippen LogP contribution in [0.5, 0.6) is 0 Å². The van der Waals surface area contributed by atoms with Gasteiger partial charge in [-0.25, -0.2) is 0 Å². The van der Waals surface area contributed by atoms with Crippen molar-refractivity contribution in [2.75, 3.05) is 5.32 Å². The van der Waals surface area contributed by atoms with Crippen LogP contribution >= 0.6 is 11.6 Å². The Bertz CT molecular complexity index is 541. The highest BCUT2D eigenvalue weighted by atomic mass is 35.5. The zero-order valence-corrected chi connectivity index (χ0v) is 9.51. The van der Waals surface area contributed by atoms with Crippen LogP contribution in [0.2, 0.25) is 5.02 Å². The lowest BCUT2D eigenvalue weighted by Crippen LogP contribution is -2.20. The highest BCUT2D eigenvalue weighted by Gasteiger charge is 2.10. The summed E-state index contributed by atoms with van der Waals surface area (Å²) in [6, 6.07) is 3.49. The number of carboxylic acid groups (broad SMARTS) is 1. The lowest BCUT2D eigenvalue weighted by molar-refractivity contribution is -0.384. The molecule has 1 aromatic rings. The molecule has 18 heavy (non-hydrogen) atoms. The van der Waals surface area contributed by atoms with Crippen molar-refractivity contribution in [2.45, 2.75) is 0 Å². The second-order valence-electron chi connectivity index (χ2n) is 3.06. The molecule has 0 spiro atoms. The number of nitrogens with zero attached hydrogens (tertiary/aromatic N) is 1. The van der Waals surface area contributed by atoms with Gasteiger partial charge in [0.2, 0.25) is 5.91 Å². The summed E-state index contributed by atoms with van der Waals surface area (Å²) in [5.74, 6) is -2.32. The Balaban J connectivity index is 2.90. The van der Waals surface area contributed by atoms with Crippen LogP contribution in [0.4, 0.5) is 11.4 Å². The van der Waals surface area contributed by atoms with E-state index in [1.54, 1.807) is 0 Å². The fourth-order valence-corrected chi connectivity index (χ4v) is 1.21. The average molecular weight is 270 g/mol. The molecule has 0 atom stereocenters. The molecule has 1 aromatic carbocycles. The standard InChI is InChI=1S/C10H7ClN2O5/c11-7-2-1-6(13(17)18)5-8(7)12-9(14)3-4-10(15)16/h1-5H,(H,12,14)(H,15,16)/p-1/b4-3-. The van der Waals surface area contributed by atoms with E-state index in [1.807, 2.05) is 0 Å². The van der Waals surface area contributed by atoms with Gasteiger partial charge in [-0.15, -0.1) is 0 Å². The molecule has 0 fully saturated rings. The summed E-state index contributed by atoms with van der Waals surface area (Å²) in [5, 5.41) is 22.9. The fraction of sp³-hybridized carbons (Fsp3) is 0. The first-order valence-corrected chi connectivity index (χ1v) is 4.92. The molecule has 0 saturated heterocycles. The first-order chi connectivity index (χ1) is 8.40. The van der Waals surface area contributed by atoms with E-state index >= 15 is 0 Å². The molecule has 94 valence electrons. The minimum atomic E-state index is -1.53. The average Bonchev–Trinajstić information content (AvgIpc) is 2.29. The molecule has 0 aromatic heterocycles. The van der Waals surface area contributed by atoms with Gasteiger partial charge in [0.1, 0.15) is 0 Å². The maximum atomic E-state index is 11.2. The highest BCUT2D eigenvalue weighted by Crippen LogP contribution is 2.26. The Morgan fingerprint density at radius 2 is 2.00 bits per heavy atom. The van der Waals surface area contributed by atoms with Crippen molar-refractivity contribution in [3.05, 3.63) is 45.5 Å². The molecule has 1 amide bonds. The van der Waals surface area contributed by atoms with Gasteiger partial charge in [0.25, 0.3) is 5.69 Å². The van der Waals surface area contributed by atoms with Gasteiger partial charge in [-0.3, -0.25) is 14.9 Å². The second-order valence-corrected chi connectivity index (χ2v) is 3.47. The normalized spacial score (nSPS) is 10.3. The maximum absolute atomic E-state index is 11.2. The molecule has 0 aliphatic rings. The number of aliphatic carboxylic acids is 1. The number of rotatable bonds is 4. The number of non-ortho nitro benzene ring substituents is 1. The summed E-state index contributed by atoms with van der Waals surface area (Å²) in [4.78, 5) is 31.2. The van der Waals surface area contributed by atoms with Crippen LogP contribution in [0, 0.1) is 10.1 Å². The van der Waals surface area contributed by atoms with E-state index in [2.05, 4.69) is 5.32 Å². The molecule has 0 aliphatic carbocycles. The van der Waals surface area contributed by atoms with Crippen molar-refractivity contribution in [2.24, 2.45) is 0 Å². The number of amides is 1. The Labute approximate surface area is 106 Å². The highest BCUT2D eigenvalue weighted by molar-refractivity contribution is 6.34. The molecule has 1 rings (SSSR count). The molecule has 0 heterocycles. The molecule has 0 unspecified atom stereocenters. The van der Waals surface area contributed by atoms with Crippen molar-refractivity contribution in [3.63, 3.8) is 0 Å². The molecule has 1 N–H and O–H groups in total. The van der Waals surface area contributed by atoms with Gasteiger partial charge in [0.15, 0.2) is 0 Å². The van der Waals surface area contributed by atoms with Crippen molar-refractivity contribution < 1.29 is 19.6 Å². The van der Waals surface area contributed by atoms with Crippen molar-refractivity contribution in [1.82, 2.24) is 0 Å². The Hall–Kier alpha value is -2.41. The lowest BCUT2D eigenvalue weighted by atomic mass is 10.2. The molecule has 0 bridgehead atoms. The summed E-state index contributed by atoms with van der Waals surface area (Å²) < 4.78 is 0. The Kier molecular flexibility index (Phi) is 4.39. The van der Waals surface area contributed by atoms with E-state index in [9.17, 15) is 24.8 Å². The van der Waals surface area contributed by atoms with Gasteiger partial charge in [0.05, 0.1) is 21.6 Å². The summed E-state index contributed by atoms with van der Waals surface area (Å²) in [7, 11) is 0. The van der Waals surface area contributed by atoms with Crippen molar-refractivity contribution >= 4 is 34.9 Å². The first-order valence-electron chi connectivity index (χ1n) is 4.54. The SMILES string of the molecule is O=C([O-])/C=C\C(=O)Nc1cc([N+](=O)[O-])ccc1Cl. The number of hydrogen-bond donors (Lipinski definition) is 1. The zero-order chi connectivity index (χ0) is 13.7. The van der Waals surface area contributed by atoms with E-state index in [1.165, 1.54) is 12.1 Å². The van der Waals surface area contributed by atoms with Crippen molar-refractivity contribution in [1.29, 1.82) is 0 Å². The van der Waals surface area contributed by atoms with Crippen LogP contribution in [-0.4, -0.2) is 16.8 Å². The number of nitro groups is 1. The first kappa shape index (κ1) is 13.7. The minimum Gasteiger partial charge on any atom is -0.545 e. The molecule has 0 aliphatic heterocycles. The predicted octanol–water partition coefficient (Wildman–Crippen LogP) is 0.493. The summed E-state index contributed by atoms with van der Waals surface area (Å²) in [6.07, 6.45) is 1.24. The van der Waals surface area contributed by atoms with E-state index in [-0.39, 0.29) is 16.4 Å². The van der Waals surface area contributed by atoms with Crippen LogP contribution in [0.1, 0.15) is 0 Å². The predicted molar refractivity (Wildman–Crippen MR) is 60.9 cm³/mol. The minimum absolute atomic E-state index is 0.0128. The van der Waals surface area contributed by atoms with E-state index in [0.29, 0.717) is 12.2 Å². The fourth-order valence-electron chi connectivity index (χ4n) is 1.04. The van der Waals surface area contributed by atoms with E-state index in [4.69, 9.17) is 11.6 Å². The molecular weight excluding hydrogens is 264 g/mol. The molecule has 0 saturated carbocycles. The van der Waals surface area contributed by atoms with E-state index in [0.717, 1.165) is 6.07 Å². The lowest BCUT2D eigenvalue weighted by Gasteiger charge is -2.04. The van der Waals surface area contributed by atoms with E-state index < -0.39 is 16.8 Å². The van der Waals surface area contributed by atoms with Gasteiger partial charge < -0.3 is 15.2 Å². The van der Waals surface area contributed by atoms with Crippen LogP contribution < -0.4 is 10.4 Å². The van der Waals surface area contributed by atoms with Gasteiger partial charge >= 0.3 is 0 Å². The smallest absolute Gasteiger partial charge is 0.271 e. The number of nitrogens with one attached hydrogen (secondary N) is 1. The van der Waals surface area contributed by atoms with Crippen LogP contribution in [0.15, 0.2) is 30.4 Å². The number of anilines is 1. The molecule has 0 radical (unpaired) electrons. The number of carbonyl (C=O) groups is 2. The van der Waals surface area contributed by atoms with Gasteiger partial charge in [-0.1, -0.05) is 11.6 Å². The molecule has 7 nitrogen and oxygen atoms in total. The summed E-state index contributed by atoms with van der Waals surface area (Å²) in [6.45, 7) is 0. The number of halogens is 1. The topological polar surface area (TPSA) is 112 Å². The van der Waals surface area contributed by atoms with Gasteiger partial charge in [0, 0.05) is 18.2 Å². The summed E-state index contributed by atoms with van der Waals surface area (Å²) >= 11 is 5.72. The monoisotopic (exact) mass is 269 g/mol. The number of benzene rings is 1. The van der Waals surface area contributed by atoms with Crippen LogP contribution in [-0.2, 0) is 9.59 Å². The number of hydrogen-bond acceptors (Lipinski definition) is 5. The second kappa shape index (κ2) is 5.78. The zero-order valence-electron chi connectivity index (χ0n) is 8.75. The Morgan fingerprint density at radius 3 is 2.56 bits per heavy atom. The van der Waals surface area contributed by atoms with Crippen LogP contribution in [0.25, 0.3) is 0 Å². The third-order valence-corrected chi connectivity index (χ3v) is 2.12. The molecular formula is C10H6ClN2O5-.